The van der Waals surface area contributed by atoms with Gasteiger partial charge in [-0.05, 0) is 85.4 Å². The van der Waals surface area contributed by atoms with E-state index < -0.39 is 0 Å². The van der Waals surface area contributed by atoms with Crippen molar-refractivity contribution in [3.8, 4) is 0 Å². The third-order valence-electron chi connectivity index (χ3n) is 9.43. The first-order chi connectivity index (χ1) is 14.1. The van der Waals surface area contributed by atoms with Gasteiger partial charge in [-0.3, -0.25) is 0 Å². The normalized spacial score (nSPS) is 38.3. The minimum atomic E-state index is 0.630. The minimum absolute atomic E-state index is 0.630. The van der Waals surface area contributed by atoms with Gasteiger partial charge in [0.2, 0.25) is 0 Å². The van der Waals surface area contributed by atoms with E-state index in [4.69, 9.17) is 0 Å². The van der Waals surface area contributed by atoms with Crippen LogP contribution in [-0.2, 0) is 0 Å². The lowest BCUT2D eigenvalue weighted by Crippen LogP contribution is -2.55. The van der Waals surface area contributed by atoms with E-state index in [0.717, 1.165) is 35.5 Å². The molecule has 0 aromatic carbocycles. The first-order valence-electron chi connectivity index (χ1n) is 13.7. The van der Waals surface area contributed by atoms with Gasteiger partial charge in [-0.15, -0.1) is 0 Å². The molecule has 0 spiro atoms. The standard InChI is InChI=1S/C13H22.C13H26.2C2H6/c1-8(2)11-6-10-7-12(9(11)3)13(10,4)5;1-5-11-8-9-13(4,7-3)10-12(11)6-2;2*1-2/h9-12H,1,6-7H2,2-5H3;11-12H,5-10H2,1-4H3;2*1-2H3. The van der Waals surface area contributed by atoms with Crippen LogP contribution in [0.3, 0.4) is 0 Å². The Hall–Kier alpha value is -0.260. The summed E-state index contributed by atoms with van der Waals surface area (Å²) in [7, 11) is 0. The number of allylic oxidation sites excluding steroid dienone is 1. The molecule has 4 aliphatic rings. The highest BCUT2D eigenvalue weighted by atomic mass is 14.6. The minimum Gasteiger partial charge on any atom is -0.0999 e. The molecule has 4 aliphatic carbocycles. The van der Waals surface area contributed by atoms with E-state index >= 15 is 0 Å². The van der Waals surface area contributed by atoms with E-state index in [1.807, 2.05) is 27.7 Å². The molecule has 0 aliphatic heterocycles. The lowest BCUT2D eigenvalue weighted by molar-refractivity contribution is -0.120. The van der Waals surface area contributed by atoms with Crippen LogP contribution in [-0.4, -0.2) is 0 Å². The van der Waals surface area contributed by atoms with Gasteiger partial charge in [0, 0.05) is 0 Å². The largest absolute Gasteiger partial charge is 0.0999 e. The van der Waals surface area contributed by atoms with Crippen LogP contribution in [0.1, 0.15) is 134 Å². The third-order valence-corrected chi connectivity index (χ3v) is 9.43. The Morgan fingerprint density at radius 2 is 1.43 bits per heavy atom. The molecule has 0 N–H and O–H groups in total. The summed E-state index contributed by atoms with van der Waals surface area (Å²) in [5.74, 6) is 5.69. The van der Waals surface area contributed by atoms with E-state index in [9.17, 15) is 0 Å². The molecule has 7 atom stereocenters. The molecule has 4 fully saturated rings. The molecule has 180 valence electrons. The van der Waals surface area contributed by atoms with E-state index in [2.05, 4.69) is 62.0 Å². The molecule has 2 bridgehead atoms. The lowest BCUT2D eigenvalue weighted by atomic mass is 9.43. The zero-order chi connectivity index (χ0) is 23.7. The summed E-state index contributed by atoms with van der Waals surface area (Å²) in [4.78, 5) is 0. The fourth-order valence-corrected chi connectivity index (χ4v) is 6.81. The van der Waals surface area contributed by atoms with E-state index in [0.29, 0.717) is 10.8 Å². The summed E-state index contributed by atoms with van der Waals surface area (Å²) in [5, 5.41) is 0. The quantitative estimate of drug-likeness (QED) is 0.397. The van der Waals surface area contributed by atoms with Gasteiger partial charge < -0.3 is 0 Å². The molecule has 0 amide bonds. The van der Waals surface area contributed by atoms with Crippen molar-refractivity contribution >= 4 is 0 Å². The van der Waals surface area contributed by atoms with E-state index in [1.54, 1.807) is 0 Å². The second-order valence-electron chi connectivity index (χ2n) is 11.2. The first-order valence-corrected chi connectivity index (χ1v) is 13.7. The first kappa shape index (κ1) is 29.7. The van der Waals surface area contributed by atoms with Crippen molar-refractivity contribution < 1.29 is 0 Å². The van der Waals surface area contributed by atoms with Gasteiger partial charge >= 0.3 is 0 Å². The molecule has 7 unspecified atom stereocenters. The highest BCUT2D eigenvalue weighted by Gasteiger charge is 2.56. The molecule has 0 nitrogen and oxygen atoms in total. The zero-order valence-corrected chi connectivity index (χ0v) is 23.3. The van der Waals surface area contributed by atoms with Crippen molar-refractivity contribution in [2.24, 2.45) is 46.3 Å². The lowest BCUT2D eigenvalue weighted by Gasteiger charge is -2.62. The van der Waals surface area contributed by atoms with Crippen LogP contribution < -0.4 is 0 Å². The number of hydrogen-bond acceptors (Lipinski definition) is 0. The van der Waals surface area contributed by atoms with Crippen molar-refractivity contribution in [3.05, 3.63) is 12.2 Å². The molecule has 4 saturated carbocycles. The molecular weight excluding hydrogens is 360 g/mol. The summed E-state index contributed by atoms with van der Waals surface area (Å²) in [6, 6.07) is 0. The van der Waals surface area contributed by atoms with Crippen LogP contribution in [0.5, 0.6) is 0 Å². The molecule has 0 radical (unpaired) electrons. The van der Waals surface area contributed by atoms with Crippen molar-refractivity contribution in [1.29, 1.82) is 0 Å². The number of hydrogen-bond donors (Lipinski definition) is 0. The van der Waals surface area contributed by atoms with E-state index in [-0.39, 0.29) is 0 Å². The number of rotatable bonds is 4. The van der Waals surface area contributed by atoms with Crippen LogP contribution in [0, 0.1) is 46.3 Å². The summed E-state index contributed by atoms with van der Waals surface area (Å²) < 4.78 is 0. The maximum Gasteiger partial charge on any atom is -0.0177 e. The summed E-state index contributed by atoms with van der Waals surface area (Å²) in [6.07, 6.45) is 11.5. The fourth-order valence-electron chi connectivity index (χ4n) is 6.81. The van der Waals surface area contributed by atoms with Gasteiger partial charge in [-0.25, -0.2) is 0 Å². The van der Waals surface area contributed by atoms with Crippen molar-refractivity contribution in [2.75, 3.05) is 0 Å². The van der Waals surface area contributed by atoms with Gasteiger partial charge in [-0.1, -0.05) is 108 Å². The highest BCUT2D eigenvalue weighted by molar-refractivity contribution is 5.12. The molecule has 0 aromatic rings. The van der Waals surface area contributed by atoms with Crippen molar-refractivity contribution in [1.82, 2.24) is 0 Å². The predicted octanol–water partition coefficient (Wildman–Crippen LogP) is 10.6. The predicted molar refractivity (Wildman–Crippen MR) is 140 cm³/mol. The average Bonchev–Trinajstić information content (AvgIpc) is 2.76. The summed E-state index contributed by atoms with van der Waals surface area (Å²) >= 11 is 0. The van der Waals surface area contributed by atoms with Gasteiger partial charge in [0.1, 0.15) is 0 Å². The van der Waals surface area contributed by atoms with Crippen LogP contribution in [0.15, 0.2) is 12.2 Å². The van der Waals surface area contributed by atoms with Crippen LogP contribution in [0.4, 0.5) is 0 Å². The van der Waals surface area contributed by atoms with Gasteiger partial charge in [-0.2, -0.15) is 0 Å². The SMILES string of the molecule is C=C(C)C1CC2CC(C1C)C2(C)C.CC.CC.CCC1CCC(C)(CC)CC1CC. The van der Waals surface area contributed by atoms with Gasteiger partial charge in [0.25, 0.3) is 0 Å². The maximum atomic E-state index is 4.13. The smallest absolute Gasteiger partial charge is 0.0177 e. The Morgan fingerprint density at radius 1 is 0.900 bits per heavy atom. The Labute approximate surface area is 193 Å². The maximum absolute atomic E-state index is 4.13. The average molecular weight is 421 g/mol. The topological polar surface area (TPSA) is 0 Å². The van der Waals surface area contributed by atoms with Crippen LogP contribution >= 0.6 is 0 Å². The van der Waals surface area contributed by atoms with Gasteiger partial charge in [0.15, 0.2) is 0 Å². The molecular formula is C30H60. The van der Waals surface area contributed by atoms with Crippen LogP contribution in [0.25, 0.3) is 0 Å². The van der Waals surface area contributed by atoms with Gasteiger partial charge in [0.05, 0.1) is 0 Å². The molecule has 0 heteroatoms. The molecule has 0 heterocycles. The highest BCUT2D eigenvalue weighted by Crippen LogP contribution is 2.63. The summed E-state index contributed by atoms with van der Waals surface area (Å²) in [6.45, 7) is 31.3. The Kier molecular flexibility index (Phi) is 13.2. The second kappa shape index (κ2) is 13.3. The van der Waals surface area contributed by atoms with Crippen LogP contribution in [0.2, 0.25) is 0 Å². The molecule has 4 rings (SSSR count). The van der Waals surface area contributed by atoms with Crippen molar-refractivity contribution in [2.45, 2.75) is 134 Å². The zero-order valence-electron chi connectivity index (χ0n) is 23.3. The molecule has 0 saturated heterocycles. The summed E-state index contributed by atoms with van der Waals surface area (Å²) in [5.41, 5.74) is 2.72. The Morgan fingerprint density at radius 3 is 1.80 bits per heavy atom. The molecule has 0 aromatic heterocycles. The molecule has 30 heavy (non-hydrogen) atoms. The van der Waals surface area contributed by atoms with Crippen molar-refractivity contribution in [3.63, 3.8) is 0 Å². The Bertz CT molecular complexity index is 472. The third kappa shape index (κ3) is 6.87. The fraction of sp³-hybridized carbons (Fsp3) is 0.933. The Balaban J connectivity index is 0.000000481. The second-order valence-corrected chi connectivity index (χ2v) is 11.2. The van der Waals surface area contributed by atoms with E-state index in [1.165, 1.54) is 56.9 Å². The monoisotopic (exact) mass is 420 g/mol. The number of fused-ring (bicyclic) bond motifs is 2.